The molecule has 19 heavy (non-hydrogen) atoms. The van der Waals surface area contributed by atoms with Crippen molar-refractivity contribution in [1.29, 1.82) is 0 Å². The molecule has 0 bridgehead atoms. The summed E-state index contributed by atoms with van der Waals surface area (Å²) < 4.78 is 5.17. The molecule has 0 spiro atoms. The van der Waals surface area contributed by atoms with Crippen LogP contribution in [-0.2, 0) is 9.53 Å². The number of rotatable bonds is 5. The van der Waals surface area contributed by atoms with Crippen LogP contribution in [0, 0.1) is 5.41 Å². The Balaban J connectivity index is 2.45. The molecule has 6 nitrogen and oxygen atoms in total. The van der Waals surface area contributed by atoms with Crippen LogP contribution < -0.4 is 10.6 Å². The first-order chi connectivity index (χ1) is 8.76. The van der Waals surface area contributed by atoms with E-state index in [0.29, 0.717) is 19.6 Å². The van der Waals surface area contributed by atoms with Gasteiger partial charge in [0.1, 0.15) is 0 Å². The van der Waals surface area contributed by atoms with E-state index in [-0.39, 0.29) is 30.0 Å². The van der Waals surface area contributed by atoms with Crippen LogP contribution in [0.4, 0.5) is 4.79 Å². The largest absolute Gasteiger partial charge is 0.481 e. The van der Waals surface area contributed by atoms with Crippen molar-refractivity contribution in [3.05, 3.63) is 0 Å². The van der Waals surface area contributed by atoms with E-state index in [1.165, 1.54) is 0 Å². The molecule has 1 aliphatic heterocycles. The molecular weight excluding hydrogens is 248 g/mol. The number of urea groups is 1. The molecule has 0 aromatic carbocycles. The Hall–Kier alpha value is -1.30. The van der Waals surface area contributed by atoms with E-state index in [1.54, 1.807) is 0 Å². The van der Waals surface area contributed by atoms with Crippen LogP contribution in [0.15, 0.2) is 0 Å². The van der Waals surface area contributed by atoms with Gasteiger partial charge in [-0.05, 0) is 18.3 Å². The normalized spacial score (nSPS) is 20.9. The van der Waals surface area contributed by atoms with Crippen LogP contribution >= 0.6 is 0 Å². The lowest BCUT2D eigenvalue weighted by Gasteiger charge is -2.26. The van der Waals surface area contributed by atoms with Crippen LogP contribution in [-0.4, -0.2) is 42.4 Å². The molecule has 2 unspecified atom stereocenters. The highest BCUT2D eigenvalue weighted by molar-refractivity contribution is 5.76. The van der Waals surface area contributed by atoms with Gasteiger partial charge in [0.25, 0.3) is 0 Å². The highest BCUT2D eigenvalue weighted by atomic mass is 16.5. The van der Waals surface area contributed by atoms with Gasteiger partial charge in [-0.3, -0.25) is 4.79 Å². The molecular formula is C13H24N2O4. The first kappa shape index (κ1) is 15.8. The van der Waals surface area contributed by atoms with Gasteiger partial charge < -0.3 is 20.5 Å². The molecule has 1 saturated heterocycles. The number of hydrogen-bond acceptors (Lipinski definition) is 3. The molecule has 3 N–H and O–H groups in total. The number of nitrogens with one attached hydrogen (secondary N) is 2. The quantitative estimate of drug-likeness (QED) is 0.705. The fraction of sp³-hybridized carbons (Fsp3) is 0.846. The number of ether oxygens (including phenoxy) is 1. The van der Waals surface area contributed by atoms with Crippen molar-refractivity contribution in [2.75, 3.05) is 13.2 Å². The van der Waals surface area contributed by atoms with E-state index in [0.717, 1.165) is 6.42 Å². The average molecular weight is 272 g/mol. The van der Waals surface area contributed by atoms with Gasteiger partial charge in [0.05, 0.1) is 19.1 Å². The van der Waals surface area contributed by atoms with Crippen molar-refractivity contribution in [1.82, 2.24) is 10.6 Å². The van der Waals surface area contributed by atoms with Crippen LogP contribution in [0.5, 0.6) is 0 Å². The number of carboxylic acid groups (broad SMARTS) is 1. The lowest BCUT2D eigenvalue weighted by atomic mass is 9.87. The Morgan fingerprint density at radius 3 is 2.58 bits per heavy atom. The van der Waals surface area contributed by atoms with Gasteiger partial charge in [-0.2, -0.15) is 0 Å². The Labute approximate surface area is 113 Å². The highest BCUT2D eigenvalue weighted by Crippen LogP contribution is 2.22. The monoisotopic (exact) mass is 272 g/mol. The smallest absolute Gasteiger partial charge is 0.315 e. The molecule has 1 aliphatic rings. The predicted molar refractivity (Wildman–Crippen MR) is 71.0 cm³/mol. The number of amides is 2. The van der Waals surface area contributed by atoms with Gasteiger partial charge in [-0.25, -0.2) is 4.79 Å². The standard InChI is InChI=1S/C13H24N2O4/c1-13(2,3)7-10(6-11(16)17)15-12(18)14-9-4-5-19-8-9/h9-10H,4-8H2,1-3H3,(H,16,17)(H2,14,15,18). The molecule has 1 rings (SSSR count). The van der Waals surface area contributed by atoms with Gasteiger partial charge in [-0.15, -0.1) is 0 Å². The van der Waals surface area contributed by atoms with Gasteiger partial charge in [0.2, 0.25) is 0 Å². The fourth-order valence-corrected chi connectivity index (χ4v) is 2.19. The van der Waals surface area contributed by atoms with Gasteiger partial charge in [0.15, 0.2) is 0 Å². The van der Waals surface area contributed by atoms with Crippen molar-refractivity contribution in [3.8, 4) is 0 Å². The Kier molecular flexibility index (Phi) is 5.60. The molecule has 0 aromatic heterocycles. The zero-order chi connectivity index (χ0) is 14.5. The van der Waals surface area contributed by atoms with E-state index in [2.05, 4.69) is 10.6 Å². The van der Waals surface area contributed by atoms with Crippen LogP contribution in [0.1, 0.15) is 40.0 Å². The minimum absolute atomic E-state index is 0.0279. The molecule has 0 saturated carbocycles. The minimum Gasteiger partial charge on any atom is -0.481 e. The fourth-order valence-electron chi connectivity index (χ4n) is 2.19. The maximum Gasteiger partial charge on any atom is 0.315 e. The lowest BCUT2D eigenvalue weighted by Crippen LogP contribution is -2.48. The second-order valence-electron chi connectivity index (χ2n) is 6.24. The first-order valence-corrected chi connectivity index (χ1v) is 6.63. The van der Waals surface area contributed by atoms with E-state index >= 15 is 0 Å². The highest BCUT2D eigenvalue weighted by Gasteiger charge is 2.24. The third kappa shape index (κ3) is 7.00. The summed E-state index contributed by atoms with van der Waals surface area (Å²) in [5, 5.41) is 14.4. The average Bonchev–Trinajstić information content (AvgIpc) is 2.65. The number of hydrogen-bond donors (Lipinski definition) is 3. The van der Waals surface area contributed by atoms with Crippen LogP contribution in [0.2, 0.25) is 0 Å². The number of carbonyl (C=O) groups is 2. The lowest BCUT2D eigenvalue weighted by molar-refractivity contribution is -0.137. The van der Waals surface area contributed by atoms with E-state index in [1.807, 2.05) is 20.8 Å². The summed E-state index contributed by atoms with van der Waals surface area (Å²) in [6, 6.07) is -0.647. The van der Waals surface area contributed by atoms with Crippen LogP contribution in [0.3, 0.4) is 0 Å². The zero-order valence-corrected chi connectivity index (χ0v) is 11.9. The van der Waals surface area contributed by atoms with Crippen molar-refractivity contribution >= 4 is 12.0 Å². The molecule has 110 valence electrons. The van der Waals surface area contributed by atoms with Gasteiger partial charge >= 0.3 is 12.0 Å². The number of carboxylic acids is 1. The molecule has 0 radical (unpaired) electrons. The summed E-state index contributed by atoms with van der Waals surface area (Å²) in [5.74, 6) is -0.904. The third-order valence-electron chi connectivity index (χ3n) is 2.88. The van der Waals surface area contributed by atoms with Crippen molar-refractivity contribution in [2.24, 2.45) is 5.41 Å². The summed E-state index contributed by atoms with van der Waals surface area (Å²) in [5.41, 5.74) is -0.0378. The molecule has 6 heteroatoms. The van der Waals surface area contributed by atoms with E-state index in [9.17, 15) is 9.59 Å². The molecule has 0 aromatic rings. The topological polar surface area (TPSA) is 87.7 Å². The molecule has 1 fully saturated rings. The van der Waals surface area contributed by atoms with Gasteiger partial charge in [0, 0.05) is 12.6 Å². The summed E-state index contributed by atoms with van der Waals surface area (Å²) in [4.78, 5) is 22.6. The molecule has 1 heterocycles. The predicted octanol–water partition coefficient (Wildman–Crippen LogP) is 1.35. The minimum atomic E-state index is -0.904. The maximum absolute atomic E-state index is 11.8. The van der Waals surface area contributed by atoms with E-state index in [4.69, 9.17) is 9.84 Å². The molecule has 2 atom stereocenters. The second-order valence-corrected chi connectivity index (χ2v) is 6.24. The Morgan fingerprint density at radius 1 is 1.42 bits per heavy atom. The summed E-state index contributed by atoms with van der Waals surface area (Å²) >= 11 is 0. The third-order valence-corrected chi connectivity index (χ3v) is 2.88. The Morgan fingerprint density at radius 2 is 2.11 bits per heavy atom. The van der Waals surface area contributed by atoms with E-state index < -0.39 is 5.97 Å². The van der Waals surface area contributed by atoms with Crippen LogP contribution in [0.25, 0.3) is 0 Å². The Bertz CT molecular complexity index is 319. The van der Waals surface area contributed by atoms with Gasteiger partial charge in [-0.1, -0.05) is 20.8 Å². The second kappa shape index (κ2) is 6.75. The zero-order valence-electron chi connectivity index (χ0n) is 11.9. The van der Waals surface area contributed by atoms with Crippen molar-refractivity contribution < 1.29 is 19.4 Å². The summed E-state index contributed by atoms with van der Waals surface area (Å²) in [6.07, 6.45) is 1.36. The first-order valence-electron chi connectivity index (χ1n) is 6.63. The van der Waals surface area contributed by atoms with Crippen molar-refractivity contribution in [2.45, 2.75) is 52.1 Å². The summed E-state index contributed by atoms with van der Waals surface area (Å²) in [7, 11) is 0. The summed E-state index contributed by atoms with van der Waals surface area (Å²) in [6.45, 7) is 7.24. The SMILES string of the molecule is CC(C)(C)CC(CC(=O)O)NC(=O)NC1CCOC1. The molecule has 2 amide bonds. The maximum atomic E-state index is 11.8. The number of aliphatic carboxylic acids is 1. The van der Waals surface area contributed by atoms with Crippen molar-refractivity contribution in [3.63, 3.8) is 0 Å². The number of carbonyl (C=O) groups excluding carboxylic acids is 1. The molecule has 0 aliphatic carbocycles.